The number of halogens is 1. The third kappa shape index (κ3) is 2.79. The van der Waals surface area contributed by atoms with Crippen LogP contribution in [0.2, 0.25) is 0 Å². The fraction of sp³-hybridized carbons (Fsp3) is 0.267. The largest absolute Gasteiger partial charge is 0.496 e. The first-order valence-electron chi connectivity index (χ1n) is 6.30. The van der Waals surface area contributed by atoms with Crippen LogP contribution in [0.25, 0.3) is 0 Å². The van der Waals surface area contributed by atoms with Crippen LogP contribution in [0.4, 0.5) is 4.39 Å². The molecule has 0 aliphatic carbocycles. The van der Waals surface area contributed by atoms with Crippen molar-refractivity contribution in [2.45, 2.75) is 19.9 Å². The van der Waals surface area contributed by atoms with Crippen molar-refractivity contribution in [2.24, 2.45) is 5.84 Å². The summed E-state index contributed by atoms with van der Waals surface area (Å²) < 4.78 is 18.8. The molecular weight excluding hydrogens is 257 g/mol. The van der Waals surface area contributed by atoms with Crippen molar-refractivity contribution in [3.05, 3.63) is 58.7 Å². The number of benzene rings is 1. The number of ether oxygens (including phenoxy) is 1. The first-order chi connectivity index (χ1) is 9.56. The predicted molar refractivity (Wildman–Crippen MR) is 75.8 cm³/mol. The van der Waals surface area contributed by atoms with Crippen LogP contribution in [0.5, 0.6) is 5.75 Å². The number of aromatic nitrogens is 1. The third-order valence-electron chi connectivity index (χ3n) is 3.25. The molecule has 2 aromatic rings. The molecule has 0 fully saturated rings. The smallest absolute Gasteiger partial charge is 0.124 e. The molecule has 106 valence electrons. The lowest BCUT2D eigenvalue weighted by Gasteiger charge is -2.21. The average molecular weight is 275 g/mol. The highest BCUT2D eigenvalue weighted by molar-refractivity contribution is 5.43. The number of hydrogen-bond donors (Lipinski definition) is 2. The molecular formula is C15H18FN3O. The molecule has 0 amide bonds. The Bertz CT molecular complexity index is 616. The van der Waals surface area contributed by atoms with Crippen molar-refractivity contribution in [1.29, 1.82) is 0 Å². The van der Waals surface area contributed by atoms with E-state index in [-0.39, 0.29) is 11.9 Å². The minimum atomic E-state index is -0.381. The molecule has 1 aromatic carbocycles. The fourth-order valence-electron chi connectivity index (χ4n) is 2.28. The highest BCUT2D eigenvalue weighted by Crippen LogP contribution is 2.31. The Labute approximate surface area is 117 Å². The maximum atomic E-state index is 13.5. The van der Waals surface area contributed by atoms with Crippen LogP contribution in [0, 0.1) is 19.7 Å². The molecule has 1 aromatic heterocycles. The maximum Gasteiger partial charge on any atom is 0.124 e. The molecule has 1 heterocycles. The van der Waals surface area contributed by atoms with Gasteiger partial charge >= 0.3 is 0 Å². The van der Waals surface area contributed by atoms with E-state index in [1.807, 2.05) is 26.0 Å². The van der Waals surface area contributed by atoms with Gasteiger partial charge in [-0.05, 0) is 43.7 Å². The van der Waals surface area contributed by atoms with Crippen LogP contribution in [0.1, 0.15) is 28.6 Å². The third-order valence-corrected chi connectivity index (χ3v) is 3.25. The van der Waals surface area contributed by atoms with Crippen LogP contribution in [0.3, 0.4) is 0 Å². The van der Waals surface area contributed by atoms with E-state index in [9.17, 15) is 4.39 Å². The Kier molecular flexibility index (Phi) is 4.32. The van der Waals surface area contributed by atoms with E-state index in [4.69, 9.17) is 10.6 Å². The SMILES string of the molecule is COc1ccc(F)cc1C(NN)c1ccc(C)nc1C. The van der Waals surface area contributed by atoms with E-state index >= 15 is 0 Å². The molecule has 0 radical (unpaired) electrons. The number of hydrogen-bond acceptors (Lipinski definition) is 4. The molecule has 2 rings (SSSR count). The van der Waals surface area contributed by atoms with Gasteiger partial charge in [-0.3, -0.25) is 10.8 Å². The van der Waals surface area contributed by atoms with E-state index in [1.54, 1.807) is 13.2 Å². The zero-order chi connectivity index (χ0) is 14.7. The molecule has 5 heteroatoms. The van der Waals surface area contributed by atoms with Crippen LogP contribution in [-0.2, 0) is 0 Å². The number of nitrogens with two attached hydrogens (primary N) is 1. The lowest BCUT2D eigenvalue weighted by molar-refractivity contribution is 0.402. The molecule has 0 bridgehead atoms. The van der Waals surface area contributed by atoms with Gasteiger partial charge in [-0.1, -0.05) is 6.07 Å². The van der Waals surface area contributed by atoms with Gasteiger partial charge in [-0.15, -0.1) is 0 Å². The van der Waals surface area contributed by atoms with Gasteiger partial charge in [0.25, 0.3) is 0 Å². The lowest BCUT2D eigenvalue weighted by atomic mass is 9.97. The predicted octanol–water partition coefficient (Wildman–Crippen LogP) is 2.40. The summed E-state index contributed by atoms with van der Waals surface area (Å²) in [6, 6.07) is 7.82. The Morgan fingerprint density at radius 3 is 2.55 bits per heavy atom. The first-order valence-corrected chi connectivity index (χ1v) is 6.30. The van der Waals surface area contributed by atoms with Gasteiger partial charge in [0.05, 0.1) is 13.2 Å². The fourth-order valence-corrected chi connectivity index (χ4v) is 2.28. The summed E-state index contributed by atoms with van der Waals surface area (Å²) in [7, 11) is 1.55. The Balaban J connectivity index is 2.54. The van der Waals surface area contributed by atoms with Crippen molar-refractivity contribution in [2.75, 3.05) is 7.11 Å². The molecule has 0 aliphatic rings. The molecule has 1 unspecified atom stereocenters. The molecule has 0 aliphatic heterocycles. The molecule has 3 N–H and O–H groups in total. The van der Waals surface area contributed by atoms with Crippen molar-refractivity contribution < 1.29 is 9.13 Å². The molecule has 0 saturated carbocycles. The van der Waals surface area contributed by atoms with Crippen molar-refractivity contribution in [1.82, 2.24) is 10.4 Å². The van der Waals surface area contributed by atoms with Gasteiger partial charge in [0.1, 0.15) is 11.6 Å². The highest BCUT2D eigenvalue weighted by atomic mass is 19.1. The summed E-state index contributed by atoms with van der Waals surface area (Å²) in [5, 5.41) is 0. The Morgan fingerprint density at radius 2 is 1.95 bits per heavy atom. The topological polar surface area (TPSA) is 60.2 Å². The second-order valence-electron chi connectivity index (χ2n) is 4.61. The standard InChI is InChI=1S/C15H18FN3O/c1-9-4-6-12(10(2)18-9)15(19-17)13-8-11(16)5-7-14(13)20-3/h4-8,15,19H,17H2,1-3H3. The number of hydrazine groups is 1. The van der Waals surface area contributed by atoms with Gasteiger partial charge in [0.2, 0.25) is 0 Å². The van der Waals surface area contributed by atoms with Crippen LogP contribution in [0.15, 0.2) is 30.3 Å². The second kappa shape index (κ2) is 5.98. The van der Waals surface area contributed by atoms with Crippen LogP contribution in [-0.4, -0.2) is 12.1 Å². The zero-order valence-corrected chi connectivity index (χ0v) is 11.8. The van der Waals surface area contributed by atoms with Crippen molar-refractivity contribution in [3.8, 4) is 5.75 Å². The average Bonchev–Trinajstić information content (AvgIpc) is 2.42. The Morgan fingerprint density at radius 1 is 1.20 bits per heavy atom. The Hall–Kier alpha value is -1.98. The number of pyridine rings is 1. The van der Waals surface area contributed by atoms with Gasteiger partial charge in [0.15, 0.2) is 0 Å². The minimum Gasteiger partial charge on any atom is -0.496 e. The van der Waals surface area contributed by atoms with Gasteiger partial charge in [-0.2, -0.15) is 0 Å². The number of aryl methyl sites for hydroxylation is 2. The molecule has 0 spiro atoms. The summed E-state index contributed by atoms with van der Waals surface area (Å²) in [5.74, 6) is 5.91. The van der Waals surface area contributed by atoms with E-state index in [1.165, 1.54) is 12.1 Å². The lowest BCUT2D eigenvalue weighted by Crippen LogP contribution is -2.30. The molecule has 1 atom stereocenters. The molecule has 20 heavy (non-hydrogen) atoms. The summed E-state index contributed by atoms with van der Waals surface area (Å²) in [6.07, 6.45) is 0. The summed E-state index contributed by atoms with van der Waals surface area (Å²) in [4.78, 5) is 4.42. The summed E-state index contributed by atoms with van der Waals surface area (Å²) in [5.41, 5.74) is 6.01. The van der Waals surface area contributed by atoms with Gasteiger partial charge < -0.3 is 4.74 Å². The monoisotopic (exact) mass is 275 g/mol. The molecule has 4 nitrogen and oxygen atoms in total. The number of nitrogens with zero attached hydrogens (tertiary/aromatic N) is 1. The van der Waals surface area contributed by atoms with Crippen molar-refractivity contribution in [3.63, 3.8) is 0 Å². The first kappa shape index (κ1) is 14.4. The number of rotatable bonds is 4. The number of nitrogens with one attached hydrogen (secondary N) is 1. The summed E-state index contributed by atoms with van der Waals surface area (Å²) >= 11 is 0. The maximum absolute atomic E-state index is 13.5. The quantitative estimate of drug-likeness (QED) is 0.664. The second-order valence-corrected chi connectivity index (χ2v) is 4.61. The van der Waals surface area contributed by atoms with Crippen LogP contribution < -0.4 is 16.0 Å². The van der Waals surface area contributed by atoms with E-state index in [0.717, 1.165) is 17.0 Å². The summed E-state index contributed by atoms with van der Waals surface area (Å²) in [6.45, 7) is 3.82. The van der Waals surface area contributed by atoms with Crippen LogP contribution >= 0.6 is 0 Å². The van der Waals surface area contributed by atoms with E-state index in [2.05, 4.69) is 10.4 Å². The van der Waals surface area contributed by atoms with E-state index < -0.39 is 0 Å². The zero-order valence-electron chi connectivity index (χ0n) is 11.8. The van der Waals surface area contributed by atoms with Gasteiger partial charge in [-0.25, -0.2) is 9.82 Å². The van der Waals surface area contributed by atoms with Gasteiger partial charge in [0, 0.05) is 17.0 Å². The number of methoxy groups -OCH3 is 1. The minimum absolute atomic E-state index is 0.334. The normalized spacial score (nSPS) is 12.2. The van der Waals surface area contributed by atoms with E-state index in [0.29, 0.717) is 11.3 Å². The van der Waals surface area contributed by atoms with Crippen molar-refractivity contribution >= 4 is 0 Å². The highest BCUT2D eigenvalue weighted by Gasteiger charge is 2.20. The molecule has 0 saturated heterocycles.